The van der Waals surface area contributed by atoms with Crippen molar-refractivity contribution < 1.29 is 19.5 Å². The van der Waals surface area contributed by atoms with Crippen LogP contribution in [0.15, 0.2) is 12.5 Å². The van der Waals surface area contributed by atoms with Gasteiger partial charge in [0.15, 0.2) is 0 Å². The molecule has 24 heavy (non-hydrogen) atoms. The maximum absolute atomic E-state index is 12.4. The van der Waals surface area contributed by atoms with Gasteiger partial charge in [-0.05, 0) is 25.7 Å². The van der Waals surface area contributed by atoms with E-state index in [0.717, 1.165) is 12.8 Å². The van der Waals surface area contributed by atoms with E-state index in [4.69, 9.17) is 0 Å². The SMILES string of the molecule is O=C(NC(Cc1cnc[nH]1)C(=O)O)C1CCN(C(=O)C2CC2)CC1. The summed E-state index contributed by atoms with van der Waals surface area (Å²) in [5, 5.41) is 11.9. The summed E-state index contributed by atoms with van der Waals surface area (Å²) in [6.07, 6.45) is 6.31. The van der Waals surface area contributed by atoms with Crippen LogP contribution < -0.4 is 5.32 Å². The Balaban J connectivity index is 1.50. The quantitative estimate of drug-likeness (QED) is 0.686. The minimum atomic E-state index is -1.07. The molecule has 1 atom stereocenters. The molecule has 3 rings (SSSR count). The molecule has 1 aromatic heterocycles. The maximum atomic E-state index is 12.4. The average molecular weight is 334 g/mol. The van der Waals surface area contributed by atoms with Crippen LogP contribution in [0, 0.1) is 11.8 Å². The number of aromatic amines is 1. The number of amides is 2. The number of carboxylic acids is 1. The second-order valence-corrected chi connectivity index (χ2v) is 6.55. The fraction of sp³-hybridized carbons (Fsp3) is 0.625. The summed E-state index contributed by atoms with van der Waals surface area (Å²) < 4.78 is 0. The van der Waals surface area contributed by atoms with E-state index >= 15 is 0 Å². The molecule has 0 radical (unpaired) electrons. The van der Waals surface area contributed by atoms with Crippen molar-refractivity contribution in [2.24, 2.45) is 11.8 Å². The predicted molar refractivity (Wildman–Crippen MR) is 83.9 cm³/mol. The highest BCUT2D eigenvalue weighted by atomic mass is 16.4. The molecule has 2 fully saturated rings. The van der Waals surface area contributed by atoms with E-state index in [1.807, 2.05) is 4.90 Å². The van der Waals surface area contributed by atoms with Gasteiger partial charge in [-0.2, -0.15) is 0 Å². The number of carbonyl (C=O) groups is 3. The van der Waals surface area contributed by atoms with E-state index in [1.54, 1.807) is 6.20 Å². The van der Waals surface area contributed by atoms with Crippen molar-refractivity contribution in [2.45, 2.75) is 38.1 Å². The molecule has 1 aliphatic carbocycles. The van der Waals surface area contributed by atoms with Crippen LogP contribution in [0.25, 0.3) is 0 Å². The normalized spacial score (nSPS) is 19.8. The van der Waals surface area contributed by atoms with Gasteiger partial charge < -0.3 is 20.3 Å². The fourth-order valence-corrected chi connectivity index (χ4v) is 3.06. The standard InChI is InChI=1S/C16H22N4O4/c21-14(19-13(16(23)24)7-12-8-17-9-18-12)10-3-5-20(6-4-10)15(22)11-1-2-11/h8-11,13H,1-7H2,(H,17,18)(H,19,21)(H,23,24). The molecule has 1 saturated carbocycles. The van der Waals surface area contributed by atoms with Gasteiger partial charge in [0.25, 0.3) is 0 Å². The van der Waals surface area contributed by atoms with Crippen molar-refractivity contribution >= 4 is 17.8 Å². The number of carbonyl (C=O) groups excluding carboxylic acids is 2. The third-order valence-electron chi connectivity index (χ3n) is 4.70. The van der Waals surface area contributed by atoms with E-state index in [9.17, 15) is 19.5 Å². The highest BCUT2D eigenvalue weighted by Gasteiger charge is 2.36. The number of piperidine rings is 1. The molecule has 8 heteroatoms. The smallest absolute Gasteiger partial charge is 0.326 e. The van der Waals surface area contributed by atoms with Crippen molar-refractivity contribution in [3.63, 3.8) is 0 Å². The van der Waals surface area contributed by atoms with E-state index in [0.29, 0.717) is 31.6 Å². The molecule has 1 aromatic rings. The minimum Gasteiger partial charge on any atom is -0.480 e. The Hall–Kier alpha value is -2.38. The zero-order valence-corrected chi connectivity index (χ0v) is 13.4. The predicted octanol–water partition coefficient (Wildman–Crippen LogP) is 0.170. The van der Waals surface area contributed by atoms with Gasteiger partial charge in [-0.3, -0.25) is 9.59 Å². The maximum Gasteiger partial charge on any atom is 0.326 e. The first-order chi connectivity index (χ1) is 11.5. The van der Waals surface area contributed by atoms with Crippen LogP contribution in [0.4, 0.5) is 0 Å². The van der Waals surface area contributed by atoms with Gasteiger partial charge in [0, 0.05) is 43.2 Å². The van der Waals surface area contributed by atoms with Gasteiger partial charge in [-0.25, -0.2) is 9.78 Å². The van der Waals surface area contributed by atoms with Gasteiger partial charge in [-0.1, -0.05) is 0 Å². The number of hydrogen-bond acceptors (Lipinski definition) is 4. The lowest BCUT2D eigenvalue weighted by atomic mass is 9.95. The second-order valence-electron chi connectivity index (χ2n) is 6.55. The summed E-state index contributed by atoms with van der Waals surface area (Å²) in [6, 6.07) is -0.982. The number of aliphatic carboxylic acids is 1. The Bertz CT molecular complexity index is 604. The summed E-state index contributed by atoms with van der Waals surface area (Å²) in [5.74, 6) is -1.16. The summed E-state index contributed by atoms with van der Waals surface area (Å²) >= 11 is 0. The third-order valence-corrected chi connectivity index (χ3v) is 4.70. The van der Waals surface area contributed by atoms with Crippen LogP contribution in [0.2, 0.25) is 0 Å². The van der Waals surface area contributed by atoms with Crippen LogP contribution in [0.3, 0.4) is 0 Å². The van der Waals surface area contributed by atoms with E-state index < -0.39 is 12.0 Å². The highest BCUT2D eigenvalue weighted by molar-refractivity contribution is 5.86. The summed E-state index contributed by atoms with van der Waals surface area (Å²) in [5.41, 5.74) is 0.660. The van der Waals surface area contributed by atoms with Crippen molar-refractivity contribution in [1.29, 1.82) is 0 Å². The molecular formula is C16H22N4O4. The lowest BCUT2D eigenvalue weighted by Crippen LogP contribution is -2.48. The van der Waals surface area contributed by atoms with E-state index in [2.05, 4.69) is 15.3 Å². The van der Waals surface area contributed by atoms with Gasteiger partial charge in [-0.15, -0.1) is 0 Å². The zero-order chi connectivity index (χ0) is 17.1. The highest BCUT2D eigenvalue weighted by Crippen LogP contribution is 2.32. The Labute approximate surface area is 139 Å². The average Bonchev–Trinajstić information content (AvgIpc) is 3.31. The Kier molecular flexibility index (Phi) is 4.82. The van der Waals surface area contributed by atoms with E-state index in [-0.39, 0.29) is 30.1 Å². The van der Waals surface area contributed by atoms with Gasteiger partial charge in [0.1, 0.15) is 6.04 Å². The molecule has 1 unspecified atom stereocenters. The number of carboxylic acid groups (broad SMARTS) is 1. The Morgan fingerprint density at radius 2 is 1.96 bits per heavy atom. The number of nitrogens with one attached hydrogen (secondary N) is 2. The number of hydrogen-bond donors (Lipinski definition) is 3. The van der Waals surface area contributed by atoms with Crippen molar-refractivity contribution in [3.05, 3.63) is 18.2 Å². The van der Waals surface area contributed by atoms with E-state index in [1.165, 1.54) is 6.33 Å². The topological polar surface area (TPSA) is 115 Å². The number of rotatable bonds is 6. The fourth-order valence-electron chi connectivity index (χ4n) is 3.06. The molecule has 8 nitrogen and oxygen atoms in total. The lowest BCUT2D eigenvalue weighted by molar-refractivity contribution is -0.143. The van der Waals surface area contributed by atoms with Crippen LogP contribution in [-0.4, -0.2) is 56.9 Å². The second kappa shape index (κ2) is 7.02. The van der Waals surface area contributed by atoms with Crippen LogP contribution in [-0.2, 0) is 20.8 Å². The summed E-state index contributed by atoms with van der Waals surface area (Å²) in [6.45, 7) is 1.15. The molecular weight excluding hydrogens is 312 g/mol. The number of imidazole rings is 1. The molecule has 2 aliphatic rings. The molecule has 0 bridgehead atoms. The first-order valence-corrected chi connectivity index (χ1v) is 8.34. The number of nitrogens with zero attached hydrogens (tertiary/aromatic N) is 2. The molecule has 0 aromatic carbocycles. The first-order valence-electron chi connectivity index (χ1n) is 8.34. The van der Waals surface area contributed by atoms with Gasteiger partial charge in [0.05, 0.1) is 6.33 Å². The third kappa shape index (κ3) is 3.93. The van der Waals surface area contributed by atoms with Gasteiger partial charge in [0.2, 0.25) is 11.8 Å². The van der Waals surface area contributed by atoms with Crippen LogP contribution in [0.1, 0.15) is 31.4 Å². The van der Waals surface area contributed by atoms with Crippen molar-refractivity contribution in [1.82, 2.24) is 20.2 Å². The van der Waals surface area contributed by atoms with Crippen LogP contribution >= 0.6 is 0 Å². The van der Waals surface area contributed by atoms with Crippen molar-refractivity contribution in [2.75, 3.05) is 13.1 Å². The Morgan fingerprint density at radius 3 is 2.50 bits per heavy atom. The van der Waals surface area contributed by atoms with Crippen molar-refractivity contribution in [3.8, 4) is 0 Å². The number of H-pyrrole nitrogens is 1. The molecule has 0 spiro atoms. The molecule has 3 N–H and O–H groups in total. The molecule has 1 saturated heterocycles. The largest absolute Gasteiger partial charge is 0.480 e. The summed E-state index contributed by atoms with van der Waals surface area (Å²) in [4.78, 5) is 44.3. The molecule has 2 heterocycles. The first kappa shape index (κ1) is 16.5. The van der Waals surface area contributed by atoms with Gasteiger partial charge >= 0.3 is 5.97 Å². The van der Waals surface area contributed by atoms with Crippen LogP contribution in [0.5, 0.6) is 0 Å². The lowest BCUT2D eigenvalue weighted by Gasteiger charge is -2.32. The number of likely N-dealkylation sites (tertiary alicyclic amines) is 1. The monoisotopic (exact) mass is 334 g/mol. The minimum absolute atomic E-state index is 0.167. The number of aromatic nitrogens is 2. The summed E-state index contributed by atoms with van der Waals surface area (Å²) in [7, 11) is 0. The molecule has 130 valence electrons. The zero-order valence-electron chi connectivity index (χ0n) is 13.4. The Morgan fingerprint density at radius 1 is 1.25 bits per heavy atom. The molecule has 1 aliphatic heterocycles. The molecule has 2 amide bonds.